The van der Waals surface area contributed by atoms with Crippen LogP contribution in [0.25, 0.3) is 11.1 Å². The summed E-state index contributed by atoms with van der Waals surface area (Å²) in [6, 6.07) is 8.50. The fourth-order valence-corrected chi connectivity index (χ4v) is 4.52. The fourth-order valence-electron chi connectivity index (χ4n) is 4.52. The summed E-state index contributed by atoms with van der Waals surface area (Å²) in [5.41, 5.74) is 9.22. The molecule has 2 aliphatic heterocycles. The van der Waals surface area contributed by atoms with E-state index in [2.05, 4.69) is 45.5 Å². The first kappa shape index (κ1) is 29.8. The predicted molar refractivity (Wildman–Crippen MR) is 167 cm³/mol. The molecular formula is C30H44N10. The molecule has 2 aromatic heterocycles. The average Bonchev–Trinajstić information content (AvgIpc) is 2.97. The molecule has 2 aromatic rings. The number of rotatable bonds is 1. The number of aliphatic imine (C=N–C) groups is 4. The van der Waals surface area contributed by atoms with Gasteiger partial charge in [-0.2, -0.15) is 0 Å². The number of aromatic nitrogens is 2. The van der Waals surface area contributed by atoms with Gasteiger partial charge in [0, 0.05) is 52.4 Å². The molecule has 0 fully saturated rings. The molecule has 40 heavy (non-hydrogen) atoms. The Labute approximate surface area is 238 Å². The van der Waals surface area contributed by atoms with E-state index >= 15 is 0 Å². The van der Waals surface area contributed by atoms with Gasteiger partial charge in [0.2, 0.25) is 0 Å². The zero-order valence-corrected chi connectivity index (χ0v) is 24.5. The lowest BCUT2D eigenvalue weighted by Crippen LogP contribution is -2.30. The molecule has 0 radical (unpaired) electrons. The van der Waals surface area contributed by atoms with Gasteiger partial charge in [0.05, 0.1) is 71.8 Å². The Kier molecular flexibility index (Phi) is 11.6. The highest BCUT2D eigenvalue weighted by atomic mass is 15.0. The molecule has 2 aliphatic rings. The first-order valence-corrected chi connectivity index (χ1v) is 14.4. The molecule has 0 unspecified atom stereocenters. The molecule has 0 aromatic carbocycles. The maximum absolute atomic E-state index is 4.97. The van der Waals surface area contributed by atoms with Crippen LogP contribution in [-0.2, 0) is 0 Å². The smallest absolute Gasteiger partial charge is 0.0851 e. The van der Waals surface area contributed by atoms with Crippen LogP contribution in [0.1, 0.15) is 50.5 Å². The average molecular weight is 545 g/mol. The molecular weight excluding hydrogens is 500 g/mol. The van der Waals surface area contributed by atoms with Gasteiger partial charge in [0.1, 0.15) is 0 Å². The third-order valence-corrected chi connectivity index (χ3v) is 6.97. The number of hydrogen-bond donors (Lipinski definition) is 4. The van der Waals surface area contributed by atoms with Crippen molar-refractivity contribution in [2.45, 2.75) is 27.7 Å². The monoisotopic (exact) mass is 544 g/mol. The summed E-state index contributed by atoms with van der Waals surface area (Å²) >= 11 is 0. The van der Waals surface area contributed by atoms with E-state index < -0.39 is 0 Å². The van der Waals surface area contributed by atoms with Crippen LogP contribution in [0, 0.1) is 0 Å². The summed E-state index contributed by atoms with van der Waals surface area (Å²) in [6.45, 7) is 18.0. The third kappa shape index (κ3) is 8.92. The third-order valence-electron chi connectivity index (χ3n) is 6.97. The summed E-state index contributed by atoms with van der Waals surface area (Å²) in [6.07, 6.45) is 0. The maximum atomic E-state index is 4.97. The first-order valence-electron chi connectivity index (χ1n) is 14.4. The molecule has 4 bridgehead atoms. The number of nitrogens with one attached hydrogen (secondary N) is 4. The fraction of sp³-hybridized carbons (Fsp3) is 0.533. The lowest BCUT2D eigenvalue weighted by Gasteiger charge is -2.13. The molecule has 0 spiro atoms. The van der Waals surface area contributed by atoms with Gasteiger partial charge in [-0.15, -0.1) is 0 Å². The van der Waals surface area contributed by atoms with Gasteiger partial charge in [-0.05, 0) is 63.1 Å². The molecule has 10 heteroatoms. The van der Waals surface area contributed by atoms with E-state index in [9.17, 15) is 0 Å². The normalized spacial score (nSPS) is 19.0. The van der Waals surface area contributed by atoms with E-state index in [1.54, 1.807) is 0 Å². The summed E-state index contributed by atoms with van der Waals surface area (Å²) < 4.78 is 0. The standard InChI is InChI=1S/C30H44N10/c1-21-27-17-25(18-28(39-27)22(2)36-14-10-32-6-5-31-9-13-35-21)26-19-29-23(3)37-15-11-33-7-8-34-12-16-38-24(4)30(20-26)40-29/h17-20,31-34H,5-16H2,1-4H3. The van der Waals surface area contributed by atoms with Crippen LogP contribution in [-0.4, -0.2) is 111 Å². The van der Waals surface area contributed by atoms with Crippen LogP contribution in [0.3, 0.4) is 0 Å². The molecule has 4 heterocycles. The van der Waals surface area contributed by atoms with Crippen molar-refractivity contribution in [2.24, 2.45) is 20.0 Å². The van der Waals surface area contributed by atoms with Crippen molar-refractivity contribution in [1.29, 1.82) is 0 Å². The zero-order valence-electron chi connectivity index (χ0n) is 24.5. The largest absolute Gasteiger partial charge is 0.314 e. The van der Waals surface area contributed by atoms with Crippen LogP contribution in [0.15, 0.2) is 44.2 Å². The van der Waals surface area contributed by atoms with Crippen LogP contribution >= 0.6 is 0 Å². The summed E-state index contributed by atoms with van der Waals surface area (Å²) in [4.78, 5) is 29.2. The summed E-state index contributed by atoms with van der Waals surface area (Å²) in [5.74, 6) is 0. The van der Waals surface area contributed by atoms with Crippen molar-refractivity contribution in [3.8, 4) is 11.1 Å². The van der Waals surface area contributed by atoms with Gasteiger partial charge in [0.25, 0.3) is 0 Å². The highest BCUT2D eigenvalue weighted by molar-refractivity contribution is 6.04. The van der Waals surface area contributed by atoms with E-state index in [0.29, 0.717) is 26.2 Å². The highest BCUT2D eigenvalue weighted by Gasteiger charge is 2.14. The summed E-state index contributed by atoms with van der Waals surface area (Å²) in [7, 11) is 0. The Balaban J connectivity index is 1.80. The van der Waals surface area contributed by atoms with Gasteiger partial charge < -0.3 is 21.3 Å². The quantitative estimate of drug-likeness (QED) is 0.434. The molecule has 0 atom stereocenters. The van der Waals surface area contributed by atoms with Gasteiger partial charge in [0.15, 0.2) is 0 Å². The van der Waals surface area contributed by atoms with Gasteiger partial charge in [-0.25, -0.2) is 9.97 Å². The molecule has 4 N–H and O–H groups in total. The molecule has 0 amide bonds. The number of pyridine rings is 2. The molecule has 214 valence electrons. The second-order valence-electron chi connectivity index (χ2n) is 10.1. The van der Waals surface area contributed by atoms with Crippen molar-refractivity contribution >= 4 is 22.8 Å². The van der Waals surface area contributed by atoms with Crippen molar-refractivity contribution in [2.75, 3.05) is 78.5 Å². The van der Waals surface area contributed by atoms with Gasteiger partial charge in [-0.1, -0.05) is 0 Å². The van der Waals surface area contributed by atoms with Gasteiger partial charge in [-0.3, -0.25) is 20.0 Å². The maximum Gasteiger partial charge on any atom is 0.0851 e. The van der Waals surface area contributed by atoms with Crippen LogP contribution in [0.5, 0.6) is 0 Å². The number of hydrogen-bond acceptors (Lipinski definition) is 10. The van der Waals surface area contributed by atoms with Crippen LogP contribution < -0.4 is 21.3 Å². The van der Waals surface area contributed by atoms with Crippen LogP contribution in [0.4, 0.5) is 0 Å². The molecule has 4 rings (SSSR count). The van der Waals surface area contributed by atoms with Crippen molar-refractivity contribution < 1.29 is 0 Å². The Hall–Kier alpha value is -3.18. The Bertz CT molecular complexity index is 1080. The van der Waals surface area contributed by atoms with E-state index in [1.807, 2.05) is 27.7 Å². The highest BCUT2D eigenvalue weighted by Crippen LogP contribution is 2.24. The lowest BCUT2D eigenvalue weighted by molar-refractivity contribution is 0.619. The second-order valence-corrected chi connectivity index (χ2v) is 10.1. The minimum absolute atomic E-state index is 0.707. The minimum Gasteiger partial charge on any atom is -0.314 e. The van der Waals surface area contributed by atoms with Crippen LogP contribution in [0.2, 0.25) is 0 Å². The molecule has 0 aliphatic carbocycles. The molecule has 0 saturated heterocycles. The SMILES string of the molecule is CC1=NCCNCCNCCN=C(C)c2cc(-c3cc4nc(c3)C(C)=NCCNCCNCCN=C4C)cc1n2. The van der Waals surface area contributed by atoms with Crippen molar-refractivity contribution in [1.82, 2.24) is 31.2 Å². The second kappa shape index (κ2) is 15.6. The Morgan fingerprint density at radius 2 is 0.650 bits per heavy atom. The molecule has 0 saturated carbocycles. The Morgan fingerprint density at radius 1 is 0.400 bits per heavy atom. The topological polar surface area (TPSA) is 123 Å². The molecule has 10 nitrogen and oxygen atoms in total. The Morgan fingerprint density at radius 3 is 0.900 bits per heavy atom. The van der Waals surface area contributed by atoms with Crippen molar-refractivity contribution in [3.63, 3.8) is 0 Å². The van der Waals surface area contributed by atoms with E-state index in [1.165, 1.54) is 0 Å². The number of fused-ring (bicyclic) bond motifs is 4. The zero-order chi connectivity index (χ0) is 28.2. The van der Waals surface area contributed by atoms with E-state index in [-0.39, 0.29) is 0 Å². The minimum atomic E-state index is 0.707. The number of nitrogens with zero attached hydrogens (tertiary/aromatic N) is 6. The summed E-state index contributed by atoms with van der Waals surface area (Å²) in [5, 5.41) is 13.8. The first-order chi connectivity index (χ1) is 19.5. The van der Waals surface area contributed by atoms with Gasteiger partial charge >= 0.3 is 0 Å². The lowest BCUT2D eigenvalue weighted by atomic mass is 10.00. The van der Waals surface area contributed by atoms with Crippen molar-refractivity contribution in [3.05, 3.63) is 47.0 Å². The predicted octanol–water partition coefficient (Wildman–Crippen LogP) is 1.77. The van der Waals surface area contributed by atoms with E-state index in [4.69, 9.17) is 29.9 Å². The van der Waals surface area contributed by atoms with E-state index in [0.717, 1.165) is 109 Å².